The van der Waals surface area contributed by atoms with Crippen LogP contribution in [0.2, 0.25) is 0 Å². The summed E-state index contributed by atoms with van der Waals surface area (Å²) in [5, 5.41) is 5.35. The highest BCUT2D eigenvalue weighted by Gasteiger charge is 2.48. The normalized spacial score (nSPS) is 24.5. The Morgan fingerprint density at radius 1 is 1.10 bits per heavy atom. The zero-order valence-electron chi connectivity index (χ0n) is 17.4. The molecule has 6 heteroatoms. The van der Waals surface area contributed by atoms with E-state index in [1.807, 2.05) is 22.4 Å². The predicted octanol–water partition coefficient (Wildman–Crippen LogP) is 4.06. The molecule has 2 heterocycles. The number of hydrogen-bond donors (Lipinski definition) is 1. The van der Waals surface area contributed by atoms with Crippen molar-refractivity contribution in [1.82, 2.24) is 10.2 Å². The lowest BCUT2D eigenvalue weighted by Gasteiger charge is -2.46. The van der Waals surface area contributed by atoms with E-state index in [0.29, 0.717) is 13.0 Å². The molecular formula is C23H34N2O3S. The van der Waals surface area contributed by atoms with Gasteiger partial charge in [-0.2, -0.15) is 0 Å². The van der Waals surface area contributed by atoms with E-state index in [2.05, 4.69) is 5.32 Å². The highest BCUT2D eigenvalue weighted by Crippen LogP contribution is 2.36. The van der Waals surface area contributed by atoms with E-state index in [9.17, 15) is 9.59 Å². The van der Waals surface area contributed by atoms with Gasteiger partial charge in [-0.05, 0) is 50.0 Å². The lowest BCUT2D eigenvalue weighted by molar-refractivity contribution is -0.152. The average Bonchev–Trinajstić information content (AvgIpc) is 3.50. The molecule has 1 aliphatic heterocycles. The Balaban J connectivity index is 1.58. The average molecular weight is 419 g/mol. The molecular weight excluding hydrogens is 384 g/mol. The Hall–Kier alpha value is -1.40. The lowest BCUT2D eigenvalue weighted by atomic mass is 9.78. The number of nitrogens with zero attached hydrogens (tertiary/aromatic N) is 1. The van der Waals surface area contributed by atoms with Gasteiger partial charge in [0.25, 0.3) is 0 Å². The van der Waals surface area contributed by atoms with E-state index in [1.165, 1.54) is 12.8 Å². The number of rotatable bonds is 7. The SMILES string of the molecule is O=C(Cc1cccs1)N(C[C@H]1CCCO1)C1(C(=O)NC2CCCC2)CCCCC1. The highest BCUT2D eigenvalue weighted by molar-refractivity contribution is 7.10. The number of hydrogen-bond acceptors (Lipinski definition) is 4. The topological polar surface area (TPSA) is 58.6 Å². The van der Waals surface area contributed by atoms with Crippen molar-refractivity contribution in [1.29, 1.82) is 0 Å². The van der Waals surface area contributed by atoms with E-state index < -0.39 is 5.54 Å². The molecule has 3 fully saturated rings. The Morgan fingerprint density at radius 2 is 1.90 bits per heavy atom. The molecule has 2 saturated carbocycles. The first-order valence-corrected chi connectivity index (χ1v) is 12.3. The number of amides is 2. The second-order valence-electron chi connectivity index (χ2n) is 8.94. The lowest BCUT2D eigenvalue weighted by Crippen LogP contribution is -2.64. The standard InChI is InChI=1S/C23H34N2O3S/c26-21(16-20-11-7-15-29-20)25(17-19-10-6-14-28-19)23(12-4-1-5-13-23)22(27)24-18-8-2-3-9-18/h7,11,15,18-19H,1-6,8-10,12-14,16-17H2,(H,24,27)/t19-/m1/s1. The fraction of sp³-hybridized carbons (Fsp3) is 0.739. The minimum absolute atomic E-state index is 0.0559. The minimum atomic E-state index is -0.707. The van der Waals surface area contributed by atoms with Gasteiger partial charge < -0.3 is 15.0 Å². The number of nitrogens with one attached hydrogen (secondary N) is 1. The summed E-state index contributed by atoms with van der Waals surface area (Å²) in [7, 11) is 0. The first kappa shape index (κ1) is 20.9. The molecule has 0 aromatic carbocycles. The Labute approximate surface area is 178 Å². The summed E-state index contributed by atoms with van der Waals surface area (Å²) in [5.74, 6) is 0.160. The molecule has 5 nitrogen and oxygen atoms in total. The van der Waals surface area contributed by atoms with Gasteiger partial charge in [0.2, 0.25) is 11.8 Å². The van der Waals surface area contributed by atoms with Gasteiger partial charge in [0.05, 0.1) is 12.5 Å². The molecule has 2 amide bonds. The zero-order valence-corrected chi connectivity index (χ0v) is 18.2. The van der Waals surface area contributed by atoms with Crippen molar-refractivity contribution in [2.75, 3.05) is 13.2 Å². The number of carbonyl (C=O) groups is 2. The summed E-state index contributed by atoms with van der Waals surface area (Å²) in [6.45, 7) is 1.31. The van der Waals surface area contributed by atoms with Gasteiger partial charge in [-0.15, -0.1) is 11.3 Å². The van der Waals surface area contributed by atoms with Crippen LogP contribution in [0.4, 0.5) is 0 Å². The van der Waals surface area contributed by atoms with Crippen molar-refractivity contribution in [2.45, 2.75) is 94.7 Å². The third kappa shape index (κ3) is 4.85. The molecule has 3 aliphatic rings. The quantitative estimate of drug-likeness (QED) is 0.726. The van der Waals surface area contributed by atoms with Crippen molar-refractivity contribution in [2.24, 2.45) is 0 Å². The fourth-order valence-electron chi connectivity index (χ4n) is 5.31. The van der Waals surface area contributed by atoms with Crippen LogP contribution in [0.25, 0.3) is 0 Å². The molecule has 4 rings (SSSR count). The largest absolute Gasteiger partial charge is 0.376 e. The second-order valence-corrected chi connectivity index (χ2v) is 9.97. The van der Waals surface area contributed by atoms with Crippen LogP contribution < -0.4 is 5.32 Å². The van der Waals surface area contributed by atoms with Crippen LogP contribution in [0.1, 0.15) is 75.5 Å². The first-order chi connectivity index (χ1) is 14.2. The molecule has 160 valence electrons. The summed E-state index contributed by atoms with van der Waals surface area (Å²) in [6.07, 6.45) is 11.7. The van der Waals surface area contributed by atoms with Gasteiger partial charge in [-0.1, -0.05) is 38.2 Å². The summed E-state index contributed by atoms with van der Waals surface area (Å²) >= 11 is 1.61. The van der Waals surface area contributed by atoms with Crippen LogP contribution in [0.5, 0.6) is 0 Å². The van der Waals surface area contributed by atoms with Gasteiger partial charge >= 0.3 is 0 Å². The number of thiophene rings is 1. The van der Waals surface area contributed by atoms with Crippen LogP contribution >= 0.6 is 11.3 Å². The van der Waals surface area contributed by atoms with Gasteiger partial charge in [-0.3, -0.25) is 9.59 Å². The Bertz CT molecular complexity index is 672. The van der Waals surface area contributed by atoms with Gasteiger partial charge in [-0.25, -0.2) is 0 Å². The molecule has 0 bridgehead atoms. The third-order valence-electron chi connectivity index (χ3n) is 6.93. The van der Waals surface area contributed by atoms with Crippen molar-refractivity contribution in [3.05, 3.63) is 22.4 Å². The first-order valence-electron chi connectivity index (χ1n) is 11.4. The molecule has 1 aromatic heterocycles. The molecule has 0 spiro atoms. The van der Waals surface area contributed by atoms with Crippen LogP contribution in [0.3, 0.4) is 0 Å². The van der Waals surface area contributed by atoms with Crippen LogP contribution in [0, 0.1) is 0 Å². The fourth-order valence-corrected chi connectivity index (χ4v) is 6.01. The smallest absolute Gasteiger partial charge is 0.246 e. The molecule has 1 N–H and O–H groups in total. The van der Waals surface area contributed by atoms with Crippen molar-refractivity contribution in [3.63, 3.8) is 0 Å². The van der Waals surface area contributed by atoms with E-state index in [0.717, 1.165) is 69.3 Å². The van der Waals surface area contributed by atoms with Crippen LogP contribution in [-0.4, -0.2) is 47.6 Å². The Kier molecular flexibility index (Phi) is 6.91. The summed E-state index contributed by atoms with van der Waals surface area (Å²) in [4.78, 5) is 30.2. The molecule has 0 radical (unpaired) electrons. The zero-order chi connectivity index (χ0) is 20.1. The van der Waals surface area contributed by atoms with Crippen LogP contribution in [-0.2, 0) is 20.7 Å². The highest BCUT2D eigenvalue weighted by atomic mass is 32.1. The monoisotopic (exact) mass is 418 g/mol. The Morgan fingerprint density at radius 3 is 2.55 bits per heavy atom. The van der Waals surface area contributed by atoms with Crippen molar-refractivity contribution in [3.8, 4) is 0 Å². The van der Waals surface area contributed by atoms with Crippen molar-refractivity contribution >= 4 is 23.2 Å². The van der Waals surface area contributed by atoms with E-state index in [4.69, 9.17) is 4.74 Å². The number of ether oxygens (including phenoxy) is 1. The molecule has 29 heavy (non-hydrogen) atoms. The predicted molar refractivity (Wildman–Crippen MR) is 115 cm³/mol. The van der Waals surface area contributed by atoms with Gasteiger partial charge in [0.1, 0.15) is 5.54 Å². The number of carbonyl (C=O) groups excluding carboxylic acids is 2. The van der Waals surface area contributed by atoms with E-state index >= 15 is 0 Å². The van der Waals surface area contributed by atoms with Crippen LogP contribution in [0.15, 0.2) is 17.5 Å². The van der Waals surface area contributed by atoms with Crippen molar-refractivity contribution < 1.29 is 14.3 Å². The molecule has 2 aliphatic carbocycles. The molecule has 1 atom stereocenters. The van der Waals surface area contributed by atoms with Gasteiger partial charge in [0, 0.05) is 24.1 Å². The maximum absolute atomic E-state index is 13.7. The van der Waals surface area contributed by atoms with E-state index in [1.54, 1.807) is 11.3 Å². The van der Waals surface area contributed by atoms with E-state index in [-0.39, 0.29) is 24.0 Å². The molecule has 1 saturated heterocycles. The third-order valence-corrected chi connectivity index (χ3v) is 7.80. The second kappa shape index (κ2) is 9.61. The summed E-state index contributed by atoms with van der Waals surface area (Å²) in [5.41, 5.74) is -0.707. The summed E-state index contributed by atoms with van der Waals surface area (Å²) < 4.78 is 5.89. The summed E-state index contributed by atoms with van der Waals surface area (Å²) in [6, 6.07) is 4.28. The minimum Gasteiger partial charge on any atom is -0.376 e. The maximum Gasteiger partial charge on any atom is 0.246 e. The molecule has 1 aromatic rings. The molecule has 0 unspecified atom stereocenters. The maximum atomic E-state index is 13.7. The van der Waals surface area contributed by atoms with Gasteiger partial charge in [0.15, 0.2) is 0 Å².